The Morgan fingerprint density at radius 3 is 2.50 bits per heavy atom. The first-order chi connectivity index (χ1) is 18.6. The van der Waals surface area contributed by atoms with E-state index in [-0.39, 0.29) is 17.3 Å². The number of hydrogen-bond donors (Lipinski definition) is 2. The Morgan fingerprint density at radius 1 is 0.895 bits per heavy atom. The molecule has 0 radical (unpaired) electrons. The van der Waals surface area contributed by atoms with Gasteiger partial charge in [0.25, 0.3) is 0 Å². The van der Waals surface area contributed by atoms with Gasteiger partial charge in [0.15, 0.2) is 5.82 Å². The fourth-order valence-corrected chi connectivity index (χ4v) is 6.67. The van der Waals surface area contributed by atoms with Crippen molar-refractivity contribution in [3.63, 3.8) is 0 Å². The number of benzene rings is 3. The van der Waals surface area contributed by atoms with Gasteiger partial charge in [0.05, 0.1) is 6.61 Å². The Hall–Kier alpha value is -3.45. The highest BCUT2D eigenvalue weighted by atomic mass is 19.1. The highest BCUT2D eigenvalue weighted by Gasteiger charge is 2.34. The first-order valence-electron chi connectivity index (χ1n) is 14.0. The lowest BCUT2D eigenvalue weighted by atomic mass is 9.90. The van der Waals surface area contributed by atoms with E-state index in [9.17, 15) is 5.11 Å². The van der Waals surface area contributed by atoms with Gasteiger partial charge in [-0.1, -0.05) is 49.6 Å². The number of phenolic OH excluding ortho intramolecular Hbond substituents is 1. The van der Waals surface area contributed by atoms with E-state index in [1.807, 2.05) is 30.3 Å². The molecule has 2 N–H and O–H groups in total. The zero-order valence-corrected chi connectivity index (χ0v) is 21.5. The van der Waals surface area contributed by atoms with Crippen molar-refractivity contribution in [1.82, 2.24) is 15.3 Å². The van der Waals surface area contributed by atoms with Crippen LogP contribution in [0.15, 0.2) is 48.5 Å². The molecule has 7 rings (SSSR count). The predicted molar refractivity (Wildman–Crippen MR) is 148 cm³/mol. The Labute approximate surface area is 221 Å². The number of halogens is 1. The fourth-order valence-electron chi connectivity index (χ4n) is 6.67. The van der Waals surface area contributed by atoms with Crippen LogP contribution in [0.1, 0.15) is 44.9 Å². The first-order valence-corrected chi connectivity index (χ1v) is 14.0. The average molecular weight is 513 g/mol. The molecule has 3 aromatic carbocycles. The maximum absolute atomic E-state index is 16.4. The van der Waals surface area contributed by atoms with Gasteiger partial charge in [-0.25, -0.2) is 4.39 Å². The third kappa shape index (κ3) is 4.33. The normalized spacial score (nSPS) is 21.9. The molecule has 2 atom stereocenters. The summed E-state index contributed by atoms with van der Waals surface area (Å²) in [5, 5.41) is 16.5. The van der Waals surface area contributed by atoms with Gasteiger partial charge in [0.2, 0.25) is 0 Å². The molecule has 0 unspecified atom stereocenters. The summed E-state index contributed by atoms with van der Waals surface area (Å²) in [6, 6.07) is 15.9. The SMILES string of the molecule is Oc1cc(-c2ccc3c(N4C[C@H]5CC[C@@H](C4)N5)nc(OCC4CCCCC4)nc3c2F)c2ccccc2c1. The van der Waals surface area contributed by atoms with Crippen molar-refractivity contribution in [2.45, 2.75) is 57.0 Å². The molecule has 1 aromatic heterocycles. The first kappa shape index (κ1) is 23.7. The number of ether oxygens (including phenoxy) is 1. The molecule has 1 saturated carbocycles. The van der Waals surface area contributed by atoms with Crippen molar-refractivity contribution in [2.24, 2.45) is 5.92 Å². The molecule has 2 aliphatic heterocycles. The molecule has 4 aromatic rings. The molecule has 0 spiro atoms. The number of hydrogen-bond acceptors (Lipinski definition) is 6. The van der Waals surface area contributed by atoms with Crippen LogP contribution in [0, 0.1) is 11.7 Å². The molecular weight excluding hydrogens is 479 g/mol. The third-order valence-electron chi connectivity index (χ3n) is 8.59. The lowest BCUT2D eigenvalue weighted by Gasteiger charge is -2.34. The van der Waals surface area contributed by atoms with Crippen LogP contribution in [-0.2, 0) is 0 Å². The van der Waals surface area contributed by atoms with Crippen molar-refractivity contribution in [2.75, 3.05) is 24.6 Å². The molecule has 196 valence electrons. The van der Waals surface area contributed by atoms with Crippen molar-refractivity contribution in [1.29, 1.82) is 0 Å². The standard InChI is InChI=1S/C31H33FN4O2/c32-28-25(27-15-23(37)14-20-8-4-5-9-24(20)27)12-13-26-29(28)34-31(38-18-19-6-2-1-3-7-19)35-30(26)36-16-21-10-11-22(17-36)33-21/h4-5,8-9,12-15,19,21-22,33,37H,1-3,6-7,10-11,16-18H2/t21-,22+. The minimum absolute atomic E-state index is 0.106. The summed E-state index contributed by atoms with van der Waals surface area (Å²) in [5.41, 5.74) is 1.32. The van der Waals surface area contributed by atoms with Crippen LogP contribution in [0.3, 0.4) is 0 Å². The molecule has 3 heterocycles. The maximum Gasteiger partial charge on any atom is 0.319 e. The highest BCUT2D eigenvalue weighted by molar-refractivity contribution is 6.01. The minimum Gasteiger partial charge on any atom is -0.508 e. The zero-order chi connectivity index (χ0) is 25.6. The van der Waals surface area contributed by atoms with E-state index in [1.54, 1.807) is 18.2 Å². The number of nitrogens with zero attached hydrogens (tertiary/aromatic N) is 3. The lowest BCUT2D eigenvalue weighted by Crippen LogP contribution is -2.51. The van der Waals surface area contributed by atoms with E-state index < -0.39 is 5.82 Å². The van der Waals surface area contributed by atoms with Gasteiger partial charge in [-0.2, -0.15) is 9.97 Å². The summed E-state index contributed by atoms with van der Waals surface area (Å²) in [7, 11) is 0. The molecule has 6 nitrogen and oxygen atoms in total. The third-order valence-corrected chi connectivity index (χ3v) is 8.59. The monoisotopic (exact) mass is 512 g/mol. The van der Waals surface area contributed by atoms with Crippen LogP contribution in [0.2, 0.25) is 0 Å². The Balaban J connectivity index is 1.34. The van der Waals surface area contributed by atoms with E-state index in [4.69, 9.17) is 9.72 Å². The average Bonchev–Trinajstić information content (AvgIpc) is 3.29. The van der Waals surface area contributed by atoms with E-state index >= 15 is 4.39 Å². The van der Waals surface area contributed by atoms with Crippen LogP contribution in [0.5, 0.6) is 11.8 Å². The summed E-state index contributed by atoms with van der Waals surface area (Å²) < 4.78 is 22.6. The van der Waals surface area contributed by atoms with E-state index in [0.717, 1.165) is 55.4 Å². The Bertz CT molecular complexity index is 1490. The number of aromatic hydroxyl groups is 1. The van der Waals surface area contributed by atoms with Crippen LogP contribution in [-0.4, -0.2) is 46.9 Å². The van der Waals surface area contributed by atoms with Crippen LogP contribution >= 0.6 is 0 Å². The number of fused-ring (bicyclic) bond motifs is 4. The van der Waals surface area contributed by atoms with Crippen molar-refractivity contribution in [3.05, 3.63) is 54.3 Å². The number of aromatic nitrogens is 2. The van der Waals surface area contributed by atoms with E-state index in [0.29, 0.717) is 41.1 Å². The second-order valence-electron chi connectivity index (χ2n) is 11.2. The molecule has 0 amide bonds. The molecule has 7 heteroatoms. The summed E-state index contributed by atoms with van der Waals surface area (Å²) in [5.74, 6) is 0.937. The van der Waals surface area contributed by atoms with Crippen LogP contribution in [0.4, 0.5) is 10.2 Å². The summed E-state index contributed by atoms with van der Waals surface area (Å²) in [4.78, 5) is 11.8. The Kier molecular flexibility index (Phi) is 6.03. The van der Waals surface area contributed by atoms with Gasteiger partial charge in [-0.15, -0.1) is 0 Å². The molecule has 2 bridgehead atoms. The molecule has 3 aliphatic rings. The number of nitrogens with one attached hydrogen (secondary N) is 1. The van der Waals surface area contributed by atoms with E-state index in [2.05, 4.69) is 15.2 Å². The number of rotatable bonds is 5. The van der Waals surface area contributed by atoms with Crippen LogP contribution < -0.4 is 15.0 Å². The summed E-state index contributed by atoms with van der Waals surface area (Å²) in [6.07, 6.45) is 8.37. The van der Waals surface area contributed by atoms with Gasteiger partial charge >= 0.3 is 6.01 Å². The molecule has 38 heavy (non-hydrogen) atoms. The summed E-state index contributed by atoms with van der Waals surface area (Å²) >= 11 is 0. The zero-order valence-electron chi connectivity index (χ0n) is 21.5. The molecule has 1 aliphatic carbocycles. The second-order valence-corrected chi connectivity index (χ2v) is 11.2. The quantitative estimate of drug-likeness (QED) is 0.332. The van der Waals surface area contributed by atoms with Crippen LogP contribution in [0.25, 0.3) is 32.8 Å². The highest BCUT2D eigenvalue weighted by Crippen LogP contribution is 2.39. The van der Waals surface area contributed by atoms with Crippen molar-refractivity contribution >= 4 is 27.5 Å². The second kappa shape index (κ2) is 9.70. The topological polar surface area (TPSA) is 70.5 Å². The smallest absolute Gasteiger partial charge is 0.319 e. The fraction of sp³-hybridized carbons (Fsp3) is 0.419. The number of anilines is 1. The van der Waals surface area contributed by atoms with Gasteiger partial charge < -0.3 is 20.1 Å². The largest absolute Gasteiger partial charge is 0.508 e. The summed E-state index contributed by atoms with van der Waals surface area (Å²) in [6.45, 7) is 2.24. The van der Waals surface area contributed by atoms with Gasteiger partial charge in [0, 0.05) is 36.1 Å². The predicted octanol–water partition coefficient (Wildman–Crippen LogP) is 6.19. The molecule has 3 fully saturated rings. The van der Waals surface area contributed by atoms with E-state index in [1.165, 1.54) is 19.3 Å². The van der Waals surface area contributed by atoms with Crippen molar-refractivity contribution in [3.8, 4) is 22.9 Å². The number of phenols is 1. The van der Waals surface area contributed by atoms with Gasteiger partial charge in [-0.05, 0) is 66.1 Å². The van der Waals surface area contributed by atoms with Gasteiger partial charge in [-0.3, -0.25) is 0 Å². The Morgan fingerprint density at radius 2 is 1.68 bits per heavy atom. The minimum atomic E-state index is -0.414. The van der Waals surface area contributed by atoms with Crippen molar-refractivity contribution < 1.29 is 14.2 Å². The molecular formula is C31H33FN4O2. The maximum atomic E-state index is 16.4. The number of piperazine rings is 1. The molecule has 2 saturated heterocycles. The lowest BCUT2D eigenvalue weighted by molar-refractivity contribution is 0.197. The van der Waals surface area contributed by atoms with Gasteiger partial charge in [0.1, 0.15) is 17.1 Å².